The van der Waals surface area contributed by atoms with E-state index in [4.69, 9.17) is 9.47 Å². The number of nitrogens with one attached hydrogen (secondary N) is 1. The number of carbonyl (C=O) groups is 2. The Bertz CT molecular complexity index is 548. The molecule has 0 bridgehead atoms. The quantitative estimate of drug-likeness (QED) is 0.815. The number of aromatic nitrogens is 1. The molecule has 1 spiro atoms. The van der Waals surface area contributed by atoms with Gasteiger partial charge in [-0.15, -0.1) is 0 Å². The van der Waals surface area contributed by atoms with E-state index in [2.05, 4.69) is 10.3 Å². The Balaban J connectivity index is 1.41. The van der Waals surface area contributed by atoms with Crippen LogP contribution in [0.25, 0.3) is 0 Å². The summed E-state index contributed by atoms with van der Waals surface area (Å²) in [6.45, 7) is 2.77. The molecule has 2 aliphatic heterocycles. The second-order valence-electron chi connectivity index (χ2n) is 5.80. The number of nitrogens with zero attached hydrogens (tertiary/aromatic N) is 2. The molecule has 7 nitrogen and oxygen atoms in total. The van der Waals surface area contributed by atoms with Gasteiger partial charge in [-0.25, -0.2) is 0 Å². The molecule has 0 saturated carbocycles. The van der Waals surface area contributed by atoms with Gasteiger partial charge in [0.25, 0.3) is 0 Å². The van der Waals surface area contributed by atoms with E-state index in [-0.39, 0.29) is 18.2 Å². The standard InChI is InChI=1S/C16H21N3O4/c20-14(18-12-13-1-5-17-6-2-13)11-15(21)19-7-3-16(4-8-19)22-9-10-23-16/h1-2,5-6H,3-4,7-12H2,(H,18,20). The van der Waals surface area contributed by atoms with Gasteiger partial charge in [0.2, 0.25) is 11.8 Å². The summed E-state index contributed by atoms with van der Waals surface area (Å²) >= 11 is 0. The zero-order valence-corrected chi connectivity index (χ0v) is 13.0. The molecular weight excluding hydrogens is 298 g/mol. The molecule has 7 heteroatoms. The van der Waals surface area contributed by atoms with Gasteiger partial charge in [-0.3, -0.25) is 14.6 Å². The van der Waals surface area contributed by atoms with Gasteiger partial charge in [0, 0.05) is 44.9 Å². The molecule has 0 unspecified atom stereocenters. The molecule has 0 aliphatic carbocycles. The van der Waals surface area contributed by atoms with E-state index < -0.39 is 5.79 Å². The number of amides is 2. The second-order valence-corrected chi connectivity index (χ2v) is 5.80. The van der Waals surface area contributed by atoms with Crippen LogP contribution in [0, 0.1) is 0 Å². The first-order valence-electron chi connectivity index (χ1n) is 7.88. The third-order valence-corrected chi connectivity index (χ3v) is 4.24. The van der Waals surface area contributed by atoms with Crippen molar-refractivity contribution in [3.05, 3.63) is 30.1 Å². The average molecular weight is 319 g/mol. The molecule has 124 valence electrons. The molecule has 0 atom stereocenters. The molecule has 2 aliphatic rings. The summed E-state index contributed by atoms with van der Waals surface area (Å²) in [4.78, 5) is 29.7. The van der Waals surface area contributed by atoms with Crippen molar-refractivity contribution in [2.24, 2.45) is 0 Å². The van der Waals surface area contributed by atoms with E-state index in [1.165, 1.54) is 0 Å². The summed E-state index contributed by atoms with van der Waals surface area (Å²) in [5, 5.41) is 2.75. The van der Waals surface area contributed by atoms with Crippen molar-refractivity contribution >= 4 is 11.8 Å². The molecule has 1 aromatic heterocycles. The predicted molar refractivity (Wildman–Crippen MR) is 81.1 cm³/mol. The maximum Gasteiger partial charge on any atom is 0.232 e. The smallest absolute Gasteiger partial charge is 0.232 e. The maximum atomic E-state index is 12.2. The highest BCUT2D eigenvalue weighted by Crippen LogP contribution is 2.31. The molecule has 3 rings (SSSR count). The Morgan fingerprint density at radius 3 is 2.48 bits per heavy atom. The first-order chi connectivity index (χ1) is 11.2. The average Bonchev–Trinajstić information content (AvgIpc) is 3.02. The Kier molecular flexibility index (Phi) is 4.88. The van der Waals surface area contributed by atoms with E-state index in [0.717, 1.165) is 5.56 Å². The topological polar surface area (TPSA) is 80.8 Å². The van der Waals surface area contributed by atoms with E-state index >= 15 is 0 Å². The van der Waals surface area contributed by atoms with Gasteiger partial charge in [-0.05, 0) is 17.7 Å². The molecule has 2 amide bonds. The minimum Gasteiger partial charge on any atom is -0.352 e. The zero-order chi connectivity index (χ0) is 16.1. The van der Waals surface area contributed by atoms with Gasteiger partial charge < -0.3 is 19.7 Å². The van der Waals surface area contributed by atoms with Crippen molar-refractivity contribution in [1.29, 1.82) is 0 Å². The number of hydrogen-bond acceptors (Lipinski definition) is 5. The van der Waals surface area contributed by atoms with Crippen LogP contribution in [0.5, 0.6) is 0 Å². The fourth-order valence-corrected chi connectivity index (χ4v) is 2.90. The fraction of sp³-hybridized carbons (Fsp3) is 0.562. The third-order valence-electron chi connectivity index (χ3n) is 4.24. The first kappa shape index (κ1) is 15.9. The van der Waals surface area contributed by atoms with Crippen LogP contribution in [-0.4, -0.2) is 53.8 Å². The number of likely N-dealkylation sites (tertiary alicyclic amines) is 1. The predicted octanol–water partition coefficient (Wildman–Crippen LogP) is 0.453. The summed E-state index contributed by atoms with van der Waals surface area (Å²) in [6, 6.07) is 3.65. The van der Waals surface area contributed by atoms with Crippen LogP contribution in [-0.2, 0) is 25.6 Å². The summed E-state index contributed by atoms with van der Waals surface area (Å²) in [5.74, 6) is -0.911. The highest BCUT2D eigenvalue weighted by molar-refractivity contribution is 5.96. The minimum atomic E-state index is -0.500. The summed E-state index contributed by atoms with van der Waals surface area (Å²) in [6.07, 6.45) is 4.54. The van der Waals surface area contributed by atoms with Crippen molar-refractivity contribution < 1.29 is 19.1 Å². The fourth-order valence-electron chi connectivity index (χ4n) is 2.90. The SMILES string of the molecule is O=C(CC(=O)N1CCC2(CC1)OCCO2)NCc1ccncc1. The van der Waals surface area contributed by atoms with Crippen LogP contribution in [0.1, 0.15) is 24.8 Å². The highest BCUT2D eigenvalue weighted by atomic mass is 16.7. The molecular formula is C16H21N3O4. The van der Waals surface area contributed by atoms with Gasteiger partial charge in [0.15, 0.2) is 5.79 Å². The van der Waals surface area contributed by atoms with Crippen LogP contribution >= 0.6 is 0 Å². The maximum absolute atomic E-state index is 12.2. The van der Waals surface area contributed by atoms with Crippen molar-refractivity contribution in [2.45, 2.75) is 31.6 Å². The lowest BCUT2D eigenvalue weighted by Crippen LogP contribution is -2.48. The first-order valence-corrected chi connectivity index (χ1v) is 7.88. The third kappa shape index (κ3) is 4.05. The van der Waals surface area contributed by atoms with Gasteiger partial charge >= 0.3 is 0 Å². The van der Waals surface area contributed by atoms with E-state index in [1.54, 1.807) is 17.3 Å². The number of ether oxygens (including phenoxy) is 2. The Morgan fingerprint density at radius 1 is 1.17 bits per heavy atom. The molecule has 2 saturated heterocycles. The van der Waals surface area contributed by atoms with Crippen LogP contribution in [0.3, 0.4) is 0 Å². The molecule has 1 aromatic rings. The van der Waals surface area contributed by atoms with Gasteiger partial charge in [-0.2, -0.15) is 0 Å². The number of hydrogen-bond donors (Lipinski definition) is 1. The van der Waals surface area contributed by atoms with E-state index in [0.29, 0.717) is 45.7 Å². The Hall–Kier alpha value is -1.99. The number of rotatable bonds is 4. The number of piperidine rings is 1. The number of pyridine rings is 1. The summed E-state index contributed by atoms with van der Waals surface area (Å²) < 4.78 is 11.3. The molecule has 2 fully saturated rings. The minimum absolute atomic E-state index is 0.125. The van der Waals surface area contributed by atoms with Gasteiger partial charge in [0.1, 0.15) is 6.42 Å². The van der Waals surface area contributed by atoms with Crippen LogP contribution in [0.4, 0.5) is 0 Å². The van der Waals surface area contributed by atoms with Crippen molar-refractivity contribution in [3.63, 3.8) is 0 Å². The Morgan fingerprint density at radius 2 is 1.83 bits per heavy atom. The van der Waals surface area contributed by atoms with Gasteiger partial charge in [0.05, 0.1) is 13.2 Å². The number of carbonyl (C=O) groups excluding carboxylic acids is 2. The molecule has 0 aromatic carbocycles. The van der Waals surface area contributed by atoms with Crippen molar-refractivity contribution in [3.8, 4) is 0 Å². The summed E-state index contributed by atoms with van der Waals surface area (Å²) in [5.41, 5.74) is 0.955. The summed E-state index contributed by atoms with van der Waals surface area (Å²) in [7, 11) is 0. The van der Waals surface area contributed by atoms with E-state index in [1.807, 2.05) is 12.1 Å². The lowest BCUT2D eigenvalue weighted by molar-refractivity contribution is -0.187. The monoisotopic (exact) mass is 319 g/mol. The normalized spacial score (nSPS) is 19.7. The lowest BCUT2D eigenvalue weighted by atomic mass is 10.0. The van der Waals surface area contributed by atoms with Crippen molar-refractivity contribution in [1.82, 2.24) is 15.2 Å². The van der Waals surface area contributed by atoms with Crippen molar-refractivity contribution in [2.75, 3.05) is 26.3 Å². The largest absolute Gasteiger partial charge is 0.352 e. The zero-order valence-electron chi connectivity index (χ0n) is 13.0. The molecule has 0 radical (unpaired) electrons. The molecule has 1 N–H and O–H groups in total. The highest BCUT2D eigenvalue weighted by Gasteiger charge is 2.40. The Labute approximate surface area is 135 Å². The van der Waals surface area contributed by atoms with Crippen LogP contribution in [0.2, 0.25) is 0 Å². The van der Waals surface area contributed by atoms with Crippen LogP contribution in [0.15, 0.2) is 24.5 Å². The molecule has 3 heterocycles. The molecule has 23 heavy (non-hydrogen) atoms. The lowest BCUT2D eigenvalue weighted by Gasteiger charge is -2.37. The second kappa shape index (κ2) is 7.06. The van der Waals surface area contributed by atoms with E-state index in [9.17, 15) is 9.59 Å². The van der Waals surface area contributed by atoms with Gasteiger partial charge in [-0.1, -0.05) is 0 Å². The van der Waals surface area contributed by atoms with Crippen LogP contribution < -0.4 is 5.32 Å².